The largest absolute Gasteiger partial charge is 0.357 e. The number of halogens is 1. The topological polar surface area (TPSA) is 78.4 Å². The van der Waals surface area contributed by atoms with Crippen LogP contribution >= 0.6 is 24.0 Å². The molecule has 0 saturated carbocycles. The number of aliphatic imine (C=N–C) groups is 1. The number of amides is 1. The van der Waals surface area contributed by atoms with Gasteiger partial charge in [0.05, 0.1) is 6.54 Å². The van der Waals surface area contributed by atoms with Gasteiger partial charge in [0, 0.05) is 25.7 Å². The van der Waals surface area contributed by atoms with Crippen LogP contribution in [0.2, 0.25) is 0 Å². The van der Waals surface area contributed by atoms with Crippen LogP contribution in [0.25, 0.3) is 0 Å². The molecule has 0 radical (unpaired) electrons. The Morgan fingerprint density at radius 2 is 1.82 bits per heavy atom. The summed E-state index contributed by atoms with van der Waals surface area (Å²) in [7, 11) is 0. The van der Waals surface area contributed by atoms with Gasteiger partial charge in [-0.25, -0.2) is 9.98 Å². The van der Waals surface area contributed by atoms with Crippen LogP contribution in [0.15, 0.2) is 41.5 Å². The number of aryl methyl sites for hydroxylation is 3. The van der Waals surface area contributed by atoms with Crippen LogP contribution in [0.4, 0.5) is 5.82 Å². The molecule has 0 atom stereocenters. The number of pyridine rings is 1. The third-order valence-electron chi connectivity index (χ3n) is 4.07. The lowest BCUT2D eigenvalue weighted by molar-refractivity contribution is -0.116. The maximum atomic E-state index is 12.0. The average molecular weight is 495 g/mol. The van der Waals surface area contributed by atoms with Crippen molar-refractivity contribution in [1.82, 2.24) is 15.6 Å². The Morgan fingerprint density at radius 3 is 2.46 bits per heavy atom. The fraction of sp³-hybridized carbons (Fsp3) is 0.381. The molecule has 0 saturated heterocycles. The maximum absolute atomic E-state index is 12.0. The molecular weight excluding hydrogens is 465 g/mol. The highest BCUT2D eigenvalue weighted by Gasteiger charge is 2.05. The van der Waals surface area contributed by atoms with E-state index in [1.165, 1.54) is 16.7 Å². The SMILES string of the molecule is CCNC(=NCc1ccc(C)cc1C)NCCC(=O)Nc1ccc(C)cn1.I. The number of guanidine groups is 1. The van der Waals surface area contributed by atoms with Crippen molar-refractivity contribution in [2.45, 2.75) is 40.7 Å². The lowest BCUT2D eigenvalue weighted by Gasteiger charge is -2.12. The summed E-state index contributed by atoms with van der Waals surface area (Å²) in [5, 5.41) is 9.21. The van der Waals surface area contributed by atoms with Gasteiger partial charge in [-0.3, -0.25) is 4.79 Å². The number of benzene rings is 1. The molecule has 1 aromatic carbocycles. The van der Waals surface area contributed by atoms with Crippen molar-refractivity contribution in [1.29, 1.82) is 0 Å². The highest BCUT2D eigenvalue weighted by atomic mass is 127. The number of nitrogens with one attached hydrogen (secondary N) is 3. The van der Waals surface area contributed by atoms with Crippen LogP contribution in [0, 0.1) is 20.8 Å². The minimum atomic E-state index is -0.0796. The van der Waals surface area contributed by atoms with Gasteiger partial charge in [-0.15, -0.1) is 24.0 Å². The zero-order valence-electron chi connectivity index (χ0n) is 17.0. The Morgan fingerprint density at radius 1 is 1.07 bits per heavy atom. The van der Waals surface area contributed by atoms with Crippen molar-refractivity contribution in [2.24, 2.45) is 4.99 Å². The van der Waals surface area contributed by atoms with Crippen LogP contribution in [0.3, 0.4) is 0 Å². The molecule has 28 heavy (non-hydrogen) atoms. The fourth-order valence-corrected chi connectivity index (χ4v) is 2.57. The minimum Gasteiger partial charge on any atom is -0.357 e. The predicted octanol–water partition coefficient (Wildman–Crippen LogP) is 3.71. The first-order valence-corrected chi connectivity index (χ1v) is 9.28. The standard InChI is InChI=1S/C21H29N5O.HI/c1-5-22-21(25-14-18-8-6-15(2)12-17(18)4)23-11-10-20(27)26-19-9-7-16(3)13-24-19;/h6-9,12-13H,5,10-11,14H2,1-4H3,(H2,22,23,25)(H,24,26,27);1H. The molecule has 3 N–H and O–H groups in total. The van der Waals surface area contributed by atoms with Gasteiger partial charge in [-0.1, -0.05) is 29.8 Å². The van der Waals surface area contributed by atoms with E-state index in [9.17, 15) is 4.79 Å². The second-order valence-electron chi connectivity index (χ2n) is 6.57. The van der Waals surface area contributed by atoms with E-state index in [4.69, 9.17) is 0 Å². The van der Waals surface area contributed by atoms with Gasteiger partial charge in [0.25, 0.3) is 0 Å². The molecule has 2 rings (SSSR count). The van der Waals surface area contributed by atoms with Gasteiger partial charge < -0.3 is 16.0 Å². The van der Waals surface area contributed by atoms with E-state index in [-0.39, 0.29) is 29.9 Å². The van der Waals surface area contributed by atoms with Crippen LogP contribution in [-0.2, 0) is 11.3 Å². The Bertz CT molecular complexity index is 790. The van der Waals surface area contributed by atoms with Crippen LogP contribution in [-0.4, -0.2) is 29.9 Å². The molecule has 1 amide bonds. The Labute approximate surface area is 184 Å². The molecule has 0 bridgehead atoms. The Kier molecular flexibility index (Phi) is 10.5. The number of nitrogens with zero attached hydrogens (tertiary/aromatic N) is 2. The van der Waals surface area contributed by atoms with Gasteiger partial charge in [0.1, 0.15) is 5.82 Å². The molecule has 0 fully saturated rings. The quantitative estimate of drug-likeness (QED) is 0.311. The number of carbonyl (C=O) groups excluding carboxylic acids is 1. The third kappa shape index (κ3) is 8.24. The summed E-state index contributed by atoms with van der Waals surface area (Å²) in [4.78, 5) is 20.8. The van der Waals surface area contributed by atoms with Crippen molar-refractivity contribution in [3.63, 3.8) is 0 Å². The van der Waals surface area contributed by atoms with E-state index in [1.807, 2.05) is 19.9 Å². The summed E-state index contributed by atoms with van der Waals surface area (Å²) in [6.07, 6.45) is 2.07. The smallest absolute Gasteiger partial charge is 0.227 e. The summed E-state index contributed by atoms with van der Waals surface area (Å²) in [5.74, 6) is 1.20. The summed E-state index contributed by atoms with van der Waals surface area (Å²) >= 11 is 0. The summed E-state index contributed by atoms with van der Waals surface area (Å²) in [6.45, 7) is 10.0. The van der Waals surface area contributed by atoms with Gasteiger partial charge in [0.15, 0.2) is 5.96 Å². The van der Waals surface area contributed by atoms with E-state index >= 15 is 0 Å². The van der Waals surface area contributed by atoms with Gasteiger partial charge >= 0.3 is 0 Å². The van der Waals surface area contributed by atoms with Gasteiger partial charge in [-0.2, -0.15) is 0 Å². The first kappa shape index (κ1) is 23.9. The molecule has 7 heteroatoms. The second-order valence-corrected chi connectivity index (χ2v) is 6.57. The number of hydrogen-bond acceptors (Lipinski definition) is 3. The highest BCUT2D eigenvalue weighted by Crippen LogP contribution is 2.11. The van der Waals surface area contributed by atoms with Crippen molar-refractivity contribution in [3.8, 4) is 0 Å². The second kappa shape index (κ2) is 12.3. The van der Waals surface area contributed by atoms with Crippen LogP contribution < -0.4 is 16.0 Å². The van der Waals surface area contributed by atoms with E-state index in [2.05, 4.69) is 58.0 Å². The van der Waals surface area contributed by atoms with E-state index in [1.54, 1.807) is 12.3 Å². The fourth-order valence-electron chi connectivity index (χ4n) is 2.57. The summed E-state index contributed by atoms with van der Waals surface area (Å²) in [5.41, 5.74) is 4.74. The predicted molar refractivity (Wildman–Crippen MR) is 126 cm³/mol. The van der Waals surface area contributed by atoms with E-state index < -0.39 is 0 Å². The Balaban J connectivity index is 0.00000392. The van der Waals surface area contributed by atoms with Crippen LogP contribution in [0.5, 0.6) is 0 Å². The maximum Gasteiger partial charge on any atom is 0.227 e. The molecule has 2 aromatic rings. The van der Waals surface area contributed by atoms with Crippen LogP contribution in [0.1, 0.15) is 35.6 Å². The summed E-state index contributed by atoms with van der Waals surface area (Å²) < 4.78 is 0. The van der Waals surface area contributed by atoms with Crippen molar-refractivity contribution < 1.29 is 4.79 Å². The molecule has 1 aromatic heterocycles. The Hall–Kier alpha value is -2.16. The normalized spacial score (nSPS) is 10.8. The summed E-state index contributed by atoms with van der Waals surface area (Å²) in [6, 6.07) is 10.1. The first-order chi connectivity index (χ1) is 13.0. The third-order valence-corrected chi connectivity index (χ3v) is 4.07. The molecule has 152 valence electrons. The van der Waals surface area contributed by atoms with E-state index in [0.29, 0.717) is 31.3 Å². The van der Waals surface area contributed by atoms with E-state index in [0.717, 1.165) is 12.1 Å². The first-order valence-electron chi connectivity index (χ1n) is 9.28. The lowest BCUT2D eigenvalue weighted by Crippen LogP contribution is -2.38. The number of aromatic nitrogens is 1. The highest BCUT2D eigenvalue weighted by molar-refractivity contribution is 14.0. The molecule has 0 spiro atoms. The van der Waals surface area contributed by atoms with Gasteiger partial charge in [-0.05, 0) is 50.5 Å². The number of rotatable bonds is 7. The average Bonchev–Trinajstić information content (AvgIpc) is 2.63. The molecule has 0 aliphatic rings. The molecular formula is C21H30IN5O. The van der Waals surface area contributed by atoms with Crippen molar-refractivity contribution in [3.05, 3.63) is 58.8 Å². The van der Waals surface area contributed by atoms with Gasteiger partial charge in [0.2, 0.25) is 5.91 Å². The lowest BCUT2D eigenvalue weighted by atomic mass is 10.1. The molecule has 6 nitrogen and oxygen atoms in total. The molecule has 0 unspecified atom stereocenters. The zero-order chi connectivity index (χ0) is 19.6. The molecule has 1 heterocycles. The van der Waals surface area contributed by atoms with Crippen molar-refractivity contribution >= 4 is 41.7 Å². The minimum absolute atomic E-state index is 0. The zero-order valence-corrected chi connectivity index (χ0v) is 19.3. The monoisotopic (exact) mass is 495 g/mol. The molecule has 0 aliphatic carbocycles. The number of anilines is 1. The molecule has 0 aliphatic heterocycles. The number of carbonyl (C=O) groups is 1. The van der Waals surface area contributed by atoms with Crippen molar-refractivity contribution in [2.75, 3.05) is 18.4 Å². The number of hydrogen-bond donors (Lipinski definition) is 3.